The van der Waals surface area contributed by atoms with E-state index in [1.165, 1.54) is 21.2 Å². The predicted octanol–water partition coefficient (Wildman–Crippen LogP) is 6.06. The van der Waals surface area contributed by atoms with Gasteiger partial charge in [0.15, 0.2) is 0 Å². The number of hydrazine groups is 1. The van der Waals surface area contributed by atoms with Crippen molar-refractivity contribution in [1.29, 1.82) is 0 Å². The van der Waals surface area contributed by atoms with Crippen molar-refractivity contribution in [1.82, 2.24) is 40.1 Å². The number of rotatable bonds is 8. The second kappa shape index (κ2) is 24.0. The number of ether oxygens (including phenoxy) is 3. The minimum Gasteiger partial charge on any atom is -0.464 e. The first-order valence-corrected chi connectivity index (χ1v) is 22.3. The molecule has 6 heterocycles. The molecule has 15 nitrogen and oxygen atoms in total. The lowest BCUT2D eigenvalue weighted by atomic mass is 9.84. The fourth-order valence-electron chi connectivity index (χ4n) is 8.84. The second-order valence-electron chi connectivity index (χ2n) is 17.5. The van der Waals surface area contributed by atoms with Gasteiger partial charge in [0.2, 0.25) is 5.91 Å². The Hall–Kier alpha value is -3.50. The van der Waals surface area contributed by atoms with Crippen LogP contribution in [0.5, 0.6) is 0 Å². The summed E-state index contributed by atoms with van der Waals surface area (Å²) in [5.41, 5.74) is 9.36. The van der Waals surface area contributed by atoms with E-state index in [-0.39, 0.29) is 85.1 Å². The largest absolute Gasteiger partial charge is 0.464 e. The van der Waals surface area contributed by atoms with Gasteiger partial charge in [-0.05, 0) is 68.9 Å². The van der Waals surface area contributed by atoms with Crippen LogP contribution in [-0.4, -0.2) is 125 Å². The molecule has 0 unspecified atom stereocenters. The van der Waals surface area contributed by atoms with E-state index in [0.29, 0.717) is 63.7 Å². The van der Waals surface area contributed by atoms with Crippen LogP contribution in [0.4, 0.5) is 4.79 Å². The third-order valence-corrected chi connectivity index (χ3v) is 12.9. The van der Waals surface area contributed by atoms with Gasteiger partial charge in [-0.15, -0.1) is 11.3 Å². The van der Waals surface area contributed by atoms with Crippen molar-refractivity contribution >= 4 is 100 Å². The number of benzene rings is 1. The van der Waals surface area contributed by atoms with Gasteiger partial charge in [0, 0.05) is 85.8 Å². The van der Waals surface area contributed by atoms with Crippen LogP contribution in [0.15, 0.2) is 41.9 Å². The van der Waals surface area contributed by atoms with Crippen molar-refractivity contribution in [3.05, 3.63) is 58.2 Å². The number of carbonyl (C=O) groups excluding carboxylic acids is 4. The van der Waals surface area contributed by atoms with Gasteiger partial charge in [0.05, 0.1) is 48.0 Å². The number of cyclic esters (lactones) is 1. The van der Waals surface area contributed by atoms with Gasteiger partial charge in [-0.2, -0.15) is 54.0 Å². The van der Waals surface area contributed by atoms with E-state index in [9.17, 15) is 19.2 Å². The van der Waals surface area contributed by atoms with Crippen LogP contribution in [0.3, 0.4) is 0 Å². The van der Waals surface area contributed by atoms with Crippen LogP contribution in [-0.2, 0) is 48.0 Å². The van der Waals surface area contributed by atoms with Gasteiger partial charge >= 0.3 is 12.0 Å². The number of pyridine rings is 1. The zero-order valence-electron chi connectivity index (χ0n) is 38.7. The summed E-state index contributed by atoms with van der Waals surface area (Å²) in [4.78, 5) is 69.2. The molecule has 4 atom stereocenters. The number of esters is 1. The van der Waals surface area contributed by atoms with E-state index in [1.54, 1.807) is 25.3 Å². The summed E-state index contributed by atoms with van der Waals surface area (Å²) in [6.07, 6.45) is 3.29. The van der Waals surface area contributed by atoms with Crippen LogP contribution in [0.25, 0.3) is 33.4 Å². The second-order valence-corrected chi connectivity index (χ2v) is 18.4. The fraction of sp³-hybridized carbons (Fsp3) is 0.556. The smallest absolute Gasteiger partial charge is 0.324 e. The zero-order chi connectivity index (χ0) is 43.6. The molecule has 4 amide bonds. The molecule has 3 aliphatic heterocycles. The minimum absolute atomic E-state index is 0. The van der Waals surface area contributed by atoms with Gasteiger partial charge in [0.25, 0.3) is 5.91 Å². The number of fused-ring (bicyclic) bond motifs is 6. The third-order valence-electron chi connectivity index (χ3n) is 12.1. The summed E-state index contributed by atoms with van der Waals surface area (Å²) in [5, 5.41) is 8.16. The number of morpholine rings is 1. The Labute approximate surface area is 414 Å². The molecule has 1 aromatic carbocycles. The Bertz CT molecular complexity index is 2270. The molecule has 0 saturated carbocycles. The normalized spacial score (nSPS) is 19.6. The number of amides is 4. The molecule has 0 radical (unpaired) electrons. The molecule has 0 aliphatic carbocycles. The van der Waals surface area contributed by atoms with E-state index >= 15 is 0 Å². The molecule has 20 heteroatoms. The van der Waals surface area contributed by atoms with E-state index < -0.39 is 41.3 Å². The molecule has 6 bridgehead atoms. The molecular weight excluding hydrogens is 925 g/mol. The maximum Gasteiger partial charge on any atom is 0.324 e. The third kappa shape index (κ3) is 12.2. The molecule has 4 aromatic rings. The first-order valence-electron chi connectivity index (χ1n) is 21.4. The summed E-state index contributed by atoms with van der Waals surface area (Å²) in [6.45, 7) is 15.0. The van der Waals surface area contributed by atoms with Gasteiger partial charge in [-0.3, -0.25) is 24.4 Å². The van der Waals surface area contributed by atoms with Gasteiger partial charge < -0.3 is 33.9 Å². The zero-order valence-corrected chi connectivity index (χ0v) is 43.5. The van der Waals surface area contributed by atoms with Gasteiger partial charge in [-0.1, -0.05) is 33.8 Å². The number of aromatic nitrogens is 3. The Morgan fingerprint density at radius 1 is 1.08 bits per heavy atom. The highest BCUT2D eigenvalue weighted by Crippen LogP contribution is 2.42. The Kier molecular flexibility index (Phi) is 20.6. The number of aryl methyl sites for hydroxylation is 1. The highest BCUT2D eigenvalue weighted by Gasteiger charge is 2.39. The lowest BCUT2D eigenvalue weighted by Crippen LogP contribution is -2.62. The van der Waals surface area contributed by atoms with Crippen LogP contribution in [0.2, 0.25) is 0 Å². The number of urea groups is 1. The standard InChI is InChI=1S/C45H60N8O7S.4H2S/c1-9-52-36-15-14-29-22-31(36)32(40(52)30-12-10-16-46-38(30)28(4)58-8)24-45(5,6)26-60-43(56)33-13-11-17-53(49-33)42(55)34(23-37-47-35(29)25-61-37)48-41(54)39(27(2)3)50(7)44(57)51-18-20-59-21-19-51;;;;/h10,12,14-16,22,25,27-28,33-34,39,49H,9,11,13,17-21,23-24,26H2,1-8H3,(H,48,54);4*1H2/t28-,33-,34-,39-;;;;/m0..../s1. The number of thiazole rings is 1. The molecule has 0 spiro atoms. The molecule has 3 aliphatic rings. The lowest BCUT2D eigenvalue weighted by molar-refractivity contribution is -0.155. The van der Waals surface area contributed by atoms with Crippen LogP contribution in [0, 0.1) is 11.3 Å². The highest BCUT2D eigenvalue weighted by molar-refractivity contribution is 7.59. The fourth-order valence-corrected chi connectivity index (χ4v) is 9.69. The van der Waals surface area contributed by atoms with E-state index in [1.807, 2.05) is 32.2 Å². The van der Waals surface area contributed by atoms with Gasteiger partial charge in [-0.25, -0.2) is 15.2 Å². The van der Waals surface area contributed by atoms with E-state index in [0.717, 1.165) is 44.7 Å². The summed E-state index contributed by atoms with van der Waals surface area (Å²) in [5.74, 6) is -1.55. The SMILES string of the molecule is CCn1c(-c2cccnc2[C@H](C)OC)c2c3cc(ccc31)-c1csc(n1)C[C@H](NC(=O)[C@H](C(C)C)N(C)C(=O)N1CCOCC1)C(=O)N1CCC[C@H](N1)C(=O)OCC(C)(C)C2.S.S.S.S. The number of carbonyl (C=O) groups is 4. The molecule has 2 fully saturated rings. The van der Waals surface area contributed by atoms with Crippen LogP contribution in [0.1, 0.15) is 76.8 Å². The minimum atomic E-state index is -1.04. The summed E-state index contributed by atoms with van der Waals surface area (Å²) < 4.78 is 19.7. The van der Waals surface area contributed by atoms with Crippen molar-refractivity contribution < 1.29 is 33.4 Å². The first-order chi connectivity index (χ1) is 29.2. The Morgan fingerprint density at radius 2 is 1.80 bits per heavy atom. The monoisotopic (exact) mass is 992 g/mol. The number of nitrogens with one attached hydrogen (secondary N) is 2. The highest BCUT2D eigenvalue weighted by atomic mass is 32.1. The van der Waals surface area contributed by atoms with Crippen molar-refractivity contribution in [2.45, 2.75) is 98.0 Å². The number of nitrogens with zero attached hydrogens (tertiary/aromatic N) is 6. The quantitative estimate of drug-likeness (QED) is 0.199. The van der Waals surface area contributed by atoms with Crippen molar-refractivity contribution in [2.24, 2.45) is 11.3 Å². The Balaban J connectivity index is 0.00000281. The number of methoxy groups -OCH3 is 1. The maximum atomic E-state index is 14.5. The average molecular weight is 993 g/mol. The number of likely N-dealkylation sites (N-methyl/N-ethyl adjacent to an activating group) is 1. The molecule has 7 rings (SSSR count). The molecule has 2 N–H and O–H groups in total. The van der Waals surface area contributed by atoms with Crippen LogP contribution < -0.4 is 10.7 Å². The van der Waals surface area contributed by atoms with Crippen LogP contribution >= 0.6 is 65.3 Å². The molecule has 65 heavy (non-hydrogen) atoms. The predicted molar refractivity (Wildman–Crippen MR) is 275 cm³/mol. The topological polar surface area (TPSA) is 160 Å². The molecular formula is C45H68N8O7S5. The first kappa shape index (κ1) is 55.8. The molecule has 360 valence electrons. The maximum absolute atomic E-state index is 14.5. The van der Waals surface area contributed by atoms with Crippen molar-refractivity contribution in [3.63, 3.8) is 0 Å². The summed E-state index contributed by atoms with van der Waals surface area (Å²) in [6, 6.07) is 7.51. The van der Waals surface area contributed by atoms with Crippen molar-refractivity contribution in [2.75, 3.05) is 53.6 Å². The van der Waals surface area contributed by atoms with E-state index in [2.05, 4.69) is 60.3 Å². The molecule has 2 saturated heterocycles. The van der Waals surface area contributed by atoms with E-state index in [4.69, 9.17) is 24.2 Å². The number of hydrogen-bond donors (Lipinski definition) is 2. The average Bonchev–Trinajstić information content (AvgIpc) is 3.85. The number of hydrogen-bond acceptors (Lipinski definition) is 11. The summed E-state index contributed by atoms with van der Waals surface area (Å²) in [7, 11) is 3.31. The lowest BCUT2D eigenvalue weighted by Gasteiger charge is -2.38. The summed E-state index contributed by atoms with van der Waals surface area (Å²) >= 11 is 1.42. The molecule has 3 aromatic heterocycles. The Morgan fingerprint density at radius 3 is 2.48 bits per heavy atom. The van der Waals surface area contributed by atoms with Crippen molar-refractivity contribution in [3.8, 4) is 22.5 Å². The van der Waals surface area contributed by atoms with Gasteiger partial charge in [0.1, 0.15) is 18.1 Å².